The van der Waals surface area contributed by atoms with Crippen LogP contribution in [0.1, 0.15) is 34.6 Å². The summed E-state index contributed by atoms with van der Waals surface area (Å²) in [5.41, 5.74) is 8.15. The number of hydrogen-bond donors (Lipinski definition) is 3. The number of aromatic nitrogens is 1. The van der Waals surface area contributed by atoms with Crippen molar-refractivity contribution in [3.05, 3.63) is 26.8 Å². The molecule has 0 aliphatic rings. The van der Waals surface area contributed by atoms with Gasteiger partial charge in [-0.2, -0.15) is 11.3 Å². The van der Waals surface area contributed by atoms with Crippen LogP contribution in [-0.4, -0.2) is 17.4 Å². The van der Waals surface area contributed by atoms with E-state index in [9.17, 15) is 4.79 Å². The summed E-state index contributed by atoms with van der Waals surface area (Å²) in [6.07, 6.45) is 0. The fraction of sp³-hybridized carbons (Fsp3) is 0.429. The van der Waals surface area contributed by atoms with Gasteiger partial charge in [0.05, 0.1) is 0 Å². The van der Waals surface area contributed by atoms with Gasteiger partial charge < -0.3 is 16.4 Å². The third-order valence-corrected chi connectivity index (χ3v) is 4.86. The molecule has 0 aliphatic heterocycles. The van der Waals surface area contributed by atoms with Crippen molar-refractivity contribution in [3.63, 3.8) is 0 Å². The zero-order valence-electron chi connectivity index (χ0n) is 12.4. The average Bonchev–Trinajstić information content (AvgIpc) is 3.00. The van der Waals surface area contributed by atoms with E-state index >= 15 is 0 Å². The van der Waals surface area contributed by atoms with Gasteiger partial charge in [0.1, 0.15) is 10.7 Å². The molecule has 4 N–H and O–H groups in total. The number of carbonyl (C=O) groups excluding carboxylic acids is 1. The number of nitrogens with two attached hydrogens (primary N) is 1. The standard InChI is InChI=1S/C14H20N4OS2/c1-8(2)4-17-14-18-12(15)11(21-14)13(19)16-5-10-7-20-6-9(10)3/h6-8H,4-5,15H2,1-3H3,(H,16,19)(H,17,18). The lowest BCUT2D eigenvalue weighted by molar-refractivity contribution is 0.0955. The van der Waals surface area contributed by atoms with Crippen molar-refractivity contribution < 1.29 is 4.79 Å². The minimum Gasteiger partial charge on any atom is -0.382 e. The van der Waals surface area contributed by atoms with Gasteiger partial charge in [0, 0.05) is 13.1 Å². The maximum Gasteiger partial charge on any atom is 0.265 e. The van der Waals surface area contributed by atoms with Crippen LogP contribution in [0.25, 0.3) is 0 Å². The lowest BCUT2D eigenvalue weighted by Crippen LogP contribution is -2.22. The molecule has 0 fully saturated rings. The van der Waals surface area contributed by atoms with Crippen molar-refractivity contribution in [2.45, 2.75) is 27.3 Å². The molecule has 0 bridgehead atoms. The molecule has 21 heavy (non-hydrogen) atoms. The minimum absolute atomic E-state index is 0.173. The van der Waals surface area contributed by atoms with Crippen LogP contribution in [0.2, 0.25) is 0 Å². The molecule has 2 heterocycles. The van der Waals surface area contributed by atoms with E-state index in [4.69, 9.17) is 5.73 Å². The highest BCUT2D eigenvalue weighted by atomic mass is 32.1. The third-order valence-electron chi connectivity index (χ3n) is 2.92. The van der Waals surface area contributed by atoms with E-state index < -0.39 is 0 Å². The molecule has 0 saturated carbocycles. The highest BCUT2D eigenvalue weighted by Crippen LogP contribution is 2.25. The summed E-state index contributed by atoms with van der Waals surface area (Å²) in [6.45, 7) is 7.58. The Morgan fingerprint density at radius 2 is 2.19 bits per heavy atom. The predicted molar refractivity (Wildman–Crippen MR) is 90.1 cm³/mol. The van der Waals surface area contributed by atoms with Crippen LogP contribution in [0.4, 0.5) is 10.9 Å². The quantitative estimate of drug-likeness (QED) is 0.763. The molecule has 0 aromatic carbocycles. The van der Waals surface area contributed by atoms with Crippen molar-refractivity contribution in [1.29, 1.82) is 0 Å². The average molecular weight is 324 g/mol. The van der Waals surface area contributed by atoms with E-state index in [-0.39, 0.29) is 11.7 Å². The number of thiazole rings is 1. The summed E-state index contributed by atoms with van der Waals surface area (Å²) >= 11 is 2.93. The molecular weight excluding hydrogens is 304 g/mol. The molecule has 2 rings (SSSR count). The Labute approximate surface area is 132 Å². The highest BCUT2D eigenvalue weighted by Gasteiger charge is 2.16. The number of thiophene rings is 1. The molecule has 2 aromatic heterocycles. The maximum absolute atomic E-state index is 12.2. The van der Waals surface area contributed by atoms with Crippen molar-refractivity contribution in [2.75, 3.05) is 17.6 Å². The Balaban J connectivity index is 1.97. The fourth-order valence-corrected chi connectivity index (χ4v) is 3.35. The van der Waals surface area contributed by atoms with Gasteiger partial charge in [-0.1, -0.05) is 25.2 Å². The van der Waals surface area contributed by atoms with E-state index in [1.807, 2.05) is 12.3 Å². The number of rotatable bonds is 6. The molecule has 1 amide bonds. The van der Waals surface area contributed by atoms with Crippen molar-refractivity contribution in [1.82, 2.24) is 10.3 Å². The molecule has 2 aromatic rings. The van der Waals surface area contributed by atoms with Crippen molar-refractivity contribution >= 4 is 39.5 Å². The Morgan fingerprint density at radius 3 is 2.81 bits per heavy atom. The lowest BCUT2D eigenvalue weighted by Gasteiger charge is -2.04. The second-order valence-corrected chi connectivity index (χ2v) is 7.01. The smallest absolute Gasteiger partial charge is 0.265 e. The number of amides is 1. The van der Waals surface area contributed by atoms with Gasteiger partial charge in [-0.3, -0.25) is 4.79 Å². The molecule has 0 atom stereocenters. The number of nitrogens with one attached hydrogen (secondary N) is 2. The number of nitrogen functional groups attached to an aromatic ring is 1. The van der Waals surface area contributed by atoms with Crippen LogP contribution in [0.5, 0.6) is 0 Å². The molecule has 0 aliphatic carbocycles. The Hall–Kier alpha value is -1.60. The molecule has 0 spiro atoms. The molecule has 0 unspecified atom stereocenters. The van der Waals surface area contributed by atoms with Crippen LogP contribution in [0.15, 0.2) is 10.8 Å². The third kappa shape index (κ3) is 4.18. The second-order valence-electron chi connectivity index (χ2n) is 5.27. The largest absolute Gasteiger partial charge is 0.382 e. The summed E-state index contributed by atoms with van der Waals surface area (Å²) in [5.74, 6) is 0.618. The second kappa shape index (κ2) is 6.91. The van der Waals surface area contributed by atoms with Crippen LogP contribution in [-0.2, 0) is 6.54 Å². The maximum atomic E-state index is 12.2. The lowest BCUT2D eigenvalue weighted by atomic mass is 10.2. The minimum atomic E-state index is -0.173. The van der Waals surface area contributed by atoms with Crippen molar-refractivity contribution in [3.8, 4) is 0 Å². The first-order valence-corrected chi connectivity index (χ1v) is 8.53. The first kappa shape index (κ1) is 15.8. The topological polar surface area (TPSA) is 80.0 Å². The first-order valence-electron chi connectivity index (χ1n) is 6.77. The molecule has 114 valence electrons. The summed E-state index contributed by atoms with van der Waals surface area (Å²) in [6, 6.07) is 0. The zero-order chi connectivity index (χ0) is 15.4. The molecule has 0 saturated heterocycles. The van der Waals surface area contributed by atoms with Gasteiger partial charge in [-0.25, -0.2) is 4.98 Å². The summed E-state index contributed by atoms with van der Waals surface area (Å²) < 4.78 is 0. The van der Waals surface area contributed by atoms with Crippen LogP contribution in [0, 0.1) is 12.8 Å². The van der Waals surface area contributed by atoms with E-state index in [2.05, 4.69) is 34.8 Å². The van der Waals surface area contributed by atoms with Crippen LogP contribution >= 0.6 is 22.7 Å². The number of carbonyl (C=O) groups is 1. The fourth-order valence-electron chi connectivity index (χ4n) is 1.69. The molecule has 5 nitrogen and oxygen atoms in total. The van der Waals surface area contributed by atoms with E-state index in [1.165, 1.54) is 16.9 Å². The Kier molecular flexibility index (Phi) is 5.19. The summed E-state index contributed by atoms with van der Waals surface area (Å²) in [7, 11) is 0. The number of aryl methyl sites for hydroxylation is 1. The number of nitrogens with zero attached hydrogens (tertiary/aromatic N) is 1. The van der Waals surface area contributed by atoms with Gasteiger partial charge in [0.2, 0.25) is 0 Å². The monoisotopic (exact) mass is 324 g/mol. The van der Waals surface area contributed by atoms with Crippen LogP contribution in [0.3, 0.4) is 0 Å². The Bertz CT molecular complexity index is 618. The normalized spacial score (nSPS) is 10.9. The van der Waals surface area contributed by atoms with E-state index in [0.29, 0.717) is 22.5 Å². The summed E-state index contributed by atoms with van der Waals surface area (Å²) in [4.78, 5) is 16.8. The number of hydrogen-bond acceptors (Lipinski definition) is 6. The molecule has 0 radical (unpaired) electrons. The molecule has 7 heteroatoms. The van der Waals surface area contributed by atoms with Crippen molar-refractivity contribution in [2.24, 2.45) is 5.92 Å². The van der Waals surface area contributed by atoms with Gasteiger partial charge >= 0.3 is 0 Å². The van der Waals surface area contributed by atoms with Gasteiger partial charge in [0.15, 0.2) is 5.13 Å². The van der Waals surface area contributed by atoms with Gasteiger partial charge in [-0.15, -0.1) is 0 Å². The summed E-state index contributed by atoms with van der Waals surface area (Å²) in [5, 5.41) is 10.9. The molecular formula is C14H20N4OS2. The first-order chi connectivity index (χ1) is 9.97. The van der Waals surface area contributed by atoms with E-state index in [1.54, 1.807) is 11.3 Å². The van der Waals surface area contributed by atoms with Gasteiger partial charge in [0.25, 0.3) is 5.91 Å². The Morgan fingerprint density at radius 1 is 1.43 bits per heavy atom. The van der Waals surface area contributed by atoms with Gasteiger partial charge in [-0.05, 0) is 34.7 Å². The SMILES string of the molecule is Cc1cscc1CNC(=O)c1sc(NCC(C)C)nc1N. The van der Waals surface area contributed by atoms with Crippen LogP contribution < -0.4 is 16.4 Å². The number of anilines is 2. The highest BCUT2D eigenvalue weighted by molar-refractivity contribution is 7.18. The van der Waals surface area contributed by atoms with E-state index in [0.717, 1.165) is 12.1 Å². The predicted octanol–water partition coefficient (Wildman–Crippen LogP) is 3.09. The zero-order valence-corrected chi connectivity index (χ0v) is 14.0.